The number of fused-ring (bicyclic) bond motifs is 1. The fourth-order valence-electron chi connectivity index (χ4n) is 2.09. The molecule has 0 saturated carbocycles. The van der Waals surface area contributed by atoms with Crippen LogP contribution in [0.25, 0.3) is 10.2 Å². The Bertz CT molecular complexity index is 646. The van der Waals surface area contributed by atoms with Crippen LogP contribution in [0.2, 0.25) is 0 Å². The molecule has 2 amide bonds. The first-order valence-corrected chi connectivity index (χ1v) is 6.91. The first-order valence-electron chi connectivity index (χ1n) is 6.03. The average Bonchev–Trinajstić information content (AvgIpc) is 2.79. The second kappa shape index (κ2) is 4.62. The predicted octanol–water partition coefficient (Wildman–Crippen LogP) is 1.26. The van der Waals surface area contributed by atoms with Gasteiger partial charge in [0.2, 0.25) is 5.91 Å². The van der Waals surface area contributed by atoms with E-state index in [1.54, 1.807) is 16.5 Å². The number of hydrogen-bond acceptors (Lipinski definition) is 4. The Kier molecular flexibility index (Phi) is 2.94. The summed E-state index contributed by atoms with van der Waals surface area (Å²) in [7, 11) is 0. The zero-order chi connectivity index (χ0) is 13.4. The van der Waals surface area contributed by atoms with E-state index in [0.717, 1.165) is 10.2 Å². The third kappa shape index (κ3) is 2.31. The molecule has 5 nitrogen and oxygen atoms in total. The molecule has 0 spiro atoms. The first kappa shape index (κ1) is 12.1. The summed E-state index contributed by atoms with van der Waals surface area (Å²) >= 11 is 1.52. The lowest BCUT2D eigenvalue weighted by Crippen LogP contribution is -2.60. The lowest BCUT2D eigenvalue weighted by molar-refractivity contribution is -0.133. The predicted molar refractivity (Wildman–Crippen MR) is 73.1 cm³/mol. The summed E-state index contributed by atoms with van der Waals surface area (Å²) in [4.78, 5) is 29.0. The van der Waals surface area contributed by atoms with E-state index in [2.05, 4.69) is 10.3 Å². The number of aromatic nitrogens is 1. The zero-order valence-electron chi connectivity index (χ0n) is 10.4. The summed E-state index contributed by atoms with van der Waals surface area (Å²) in [6.45, 7) is 2.74. The number of thiazole rings is 1. The highest BCUT2D eigenvalue weighted by atomic mass is 32.1. The molecule has 19 heavy (non-hydrogen) atoms. The minimum atomic E-state index is -0.0940. The fourth-order valence-corrected chi connectivity index (χ4v) is 2.81. The van der Waals surface area contributed by atoms with E-state index in [1.807, 2.05) is 12.1 Å². The van der Waals surface area contributed by atoms with Gasteiger partial charge in [0, 0.05) is 25.6 Å². The fraction of sp³-hybridized carbons (Fsp3) is 0.308. The van der Waals surface area contributed by atoms with Crippen molar-refractivity contribution >= 4 is 33.4 Å². The molecule has 0 atom stereocenters. The normalized spacial score (nSPS) is 15.3. The Morgan fingerprint density at radius 1 is 1.42 bits per heavy atom. The number of carbonyl (C=O) groups is 2. The van der Waals surface area contributed by atoms with E-state index in [-0.39, 0.29) is 17.9 Å². The maximum Gasteiger partial charge on any atom is 0.251 e. The zero-order valence-corrected chi connectivity index (χ0v) is 11.2. The molecule has 0 bridgehead atoms. The van der Waals surface area contributed by atoms with Gasteiger partial charge in [-0.05, 0) is 18.2 Å². The number of nitrogens with zero attached hydrogens (tertiary/aromatic N) is 2. The lowest BCUT2D eigenvalue weighted by atomic mass is 10.1. The molecule has 1 N–H and O–H groups in total. The van der Waals surface area contributed by atoms with E-state index < -0.39 is 0 Å². The minimum absolute atomic E-state index is 0.0524. The molecule has 1 aliphatic heterocycles. The van der Waals surface area contributed by atoms with Crippen LogP contribution in [-0.2, 0) is 4.79 Å². The molecular formula is C13H13N3O2S. The monoisotopic (exact) mass is 275 g/mol. The number of hydrogen-bond donors (Lipinski definition) is 1. The van der Waals surface area contributed by atoms with Crippen molar-refractivity contribution in [2.75, 3.05) is 13.1 Å². The molecule has 2 aromatic rings. The van der Waals surface area contributed by atoms with Crippen molar-refractivity contribution in [2.24, 2.45) is 0 Å². The van der Waals surface area contributed by atoms with Crippen molar-refractivity contribution in [3.05, 3.63) is 29.3 Å². The van der Waals surface area contributed by atoms with Gasteiger partial charge < -0.3 is 10.2 Å². The van der Waals surface area contributed by atoms with Gasteiger partial charge in [-0.3, -0.25) is 9.59 Å². The van der Waals surface area contributed by atoms with Crippen molar-refractivity contribution in [2.45, 2.75) is 13.0 Å². The highest BCUT2D eigenvalue weighted by Crippen LogP contribution is 2.19. The third-order valence-electron chi connectivity index (χ3n) is 3.26. The number of likely N-dealkylation sites (tertiary alicyclic amines) is 1. The number of rotatable bonds is 2. The summed E-state index contributed by atoms with van der Waals surface area (Å²) in [6, 6.07) is 5.54. The molecule has 1 fully saturated rings. The molecule has 1 aromatic heterocycles. The summed E-state index contributed by atoms with van der Waals surface area (Å²) < 4.78 is 1.01. The van der Waals surface area contributed by atoms with Gasteiger partial charge in [0.05, 0.1) is 21.8 Å². The van der Waals surface area contributed by atoms with Gasteiger partial charge in [0.15, 0.2) is 0 Å². The Morgan fingerprint density at radius 2 is 2.21 bits per heavy atom. The van der Waals surface area contributed by atoms with Gasteiger partial charge in [0.25, 0.3) is 5.91 Å². The van der Waals surface area contributed by atoms with Crippen molar-refractivity contribution in [1.29, 1.82) is 0 Å². The number of carbonyl (C=O) groups excluding carboxylic acids is 2. The molecule has 1 saturated heterocycles. The quantitative estimate of drug-likeness (QED) is 0.897. The molecular weight excluding hydrogens is 262 g/mol. The molecule has 3 rings (SSSR count). The number of benzene rings is 1. The highest BCUT2D eigenvalue weighted by Gasteiger charge is 2.29. The van der Waals surface area contributed by atoms with Crippen LogP contribution in [-0.4, -0.2) is 40.8 Å². The van der Waals surface area contributed by atoms with E-state index in [4.69, 9.17) is 0 Å². The Morgan fingerprint density at radius 3 is 2.95 bits per heavy atom. The molecule has 1 aliphatic rings. The van der Waals surface area contributed by atoms with Gasteiger partial charge >= 0.3 is 0 Å². The van der Waals surface area contributed by atoms with Crippen molar-refractivity contribution in [1.82, 2.24) is 15.2 Å². The molecule has 1 aromatic carbocycles. The first-order chi connectivity index (χ1) is 9.13. The average molecular weight is 275 g/mol. The smallest absolute Gasteiger partial charge is 0.251 e. The summed E-state index contributed by atoms with van der Waals surface area (Å²) in [5, 5.41) is 2.93. The molecule has 98 valence electrons. The van der Waals surface area contributed by atoms with E-state index in [0.29, 0.717) is 18.7 Å². The molecule has 0 radical (unpaired) electrons. The SMILES string of the molecule is CC(=O)N1CC(NC(=O)c2ccc3ncsc3c2)C1. The van der Waals surface area contributed by atoms with Gasteiger partial charge in [-0.25, -0.2) is 4.98 Å². The van der Waals surface area contributed by atoms with Crippen LogP contribution in [0.3, 0.4) is 0 Å². The van der Waals surface area contributed by atoms with Crippen molar-refractivity contribution < 1.29 is 9.59 Å². The number of nitrogens with one attached hydrogen (secondary N) is 1. The van der Waals surface area contributed by atoms with Crippen molar-refractivity contribution in [3.63, 3.8) is 0 Å². The summed E-state index contributed by atoms with van der Waals surface area (Å²) in [5.74, 6) is -0.0416. The number of amides is 2. The Balaban J connectivity index is 1.66. The van der Waals surface area contributed by atoms with Crippen LogP contribution < -0.4 is 5.32 Å². The second-order valence-electron chi connectivity index (χ2n) is 4.63. The van der Waals surface area contributed by atoms with Crippen LogP contribution in [0.1, 0.15) is 17.3 Å². The van der Waals surface area contributed by atoms with E-state index in [9.17, 15) is 9.59 Å². The van der Waals surface area contributed by atoms with Gasteiger partial charge in [-0.15, -0.1) is 11.3 Å². The third-order valence-corrected chi connectivity index (χ3v) is 4.05. The molecule has 6 heteroatoms. The molecule has 2 heterocycles. The molecule has 0 aliphatic carbocycles. The second-order valence-corrected chi connectivity index (χ2v) is 5.52. The van der Waals surface area contributed by atoms with Gasteiger partial charge in [-0.1, -0.05) is 0 Å². The minimum Gasteiger partial charge on any atom is -0.346 e. The Hall–Kier alpha value is -1.95. The van der Waals surface area contributed by atoms with Gasteiger partial charge in [0.1, 0.15) is 0 Å². The van der Waals surface area contributed by atoms with Crippen LogP contribution in [0.4, 0.5) is 0 Å². The van der Waals surface area contributed by atoms with Crippen molar-refractivity contribution in [3.8, 4) is 0 Å². The van der Waals surface area contributed by atoms with Crippen LogP contribution in [0, 0.1) is 0 Å². The van der Waals surface area contributed by atoms with Crippen LogP contribution >= 0.6 is 11.3 Å². The topological polar surface area (TPSA) is 62.3 Å². The lowest BCUT2D eigenvalue weighted by Gasteiger charge is -2.38. The standard InChI is InChI=1S/C13H13N3O2S/c1-8(17)16-5-10(6-16)15-13(18)9-2-3-11-12(4-9)19-7-14-11/h2-4,7,10H,5-6H2,1H3,(H,15,18). The summed E-state index contributed by atoms with van der Waals surface area (Å²) in [6.07, 6.45) is 0. The van der Waals surface area contributed by atoms with E-state index in [1.165, 1.54) is 18.3 Å². The largest absolute Gasteiger partial charge is 0.346 e. The van der Waals surface area contributed by atoms with E-state index >= 15 is 0 Å². The Labute approximate surface area is 114 Å². The highest BCUT2D eigenvalue weighted by molar-refractivity contribution is 7.16. The summed E-state index contributed by atoms with van der Waals surface area (Å²) in [5.41, 5.74) is 3.31. The maximum absolute atomic E-state index is 12.1. The maximum atomic E-state index is 12.1. The van der Waals surface area contributed by atoms with Crippen LogP contribution in [0.15, 0.2) is 23.7 Å². The van der Waals surface area contributed by atoms with Gasteiger partial charge in [-0.2, -0.15) is 0 Å². The van der Waals surface area contributed by atoms with Crippen LogP contribution in [0.5, 0.6) is 0 Å². The molecule has 0 unspecified atom stereocenters.